The number of carbonyl (C=O) groups is 1. The molecule has 1 aromatic carbocycles. The van der Waals surface area contributed by atoms with E-state index in [0.29, 0.717) is 11.9 Å². The Kier molecular flexibility index (Phi) is 4.12. The van der Waals surface area contributed by atoms with Gasteiger partial charge in [-0.3, -0.25) is 9.69 Å². The zero-order valence-electron chi connectivity index (χ0n) is 15.3. The summed E-state index contributed by atoms with van der Waals surface area (Å²) in [5.41, 5.74) is 4.48. The molecule has 5 nitrogen and oxygen atoms in total. The van der Waals surface area contributed by atoms with Gasteiger partial charge in [-0.2, -0.15) is 5.10 Å². The van der Waals surface area contributed by atoms with Gasteiger partial charge in [0.05, 0.1) is 17.4 Å². The minimum Gasteiger partial charge on any atom is -0.337 e. The van der Waals surface area contributed by atoms with Gasteiger partial charge in [0, 0.05) is 31.4 Å². The van der Waals surface area contributed by atoms with Crippen LogP contribution in [0.15, 0.2) is 30.3 Å². The molecule has 1 amide bonds. The minimum absolute atomic E-state index is 0.0355. The Morgan fingerprint density at radius 1 is 1.24 bits per heavy atom. The Bertz CT molecular complexity index is 797. The van der Waals surface area contributed by atoms with Crippen LogP contribution in [0.25, 0.3) is 5.69 Å². The average Bonchev–Trinajstić information content (AvgIpc) is 3.18. The van der Waals surface area contributed by atoms with Gasteiger partial charge in [0.1, 0.15) is 0 Å². The van der Waals surface area contributed by atoms with Crippen LogP contribution in [0.2, 0.25) is 0 Å². The summed E-state index contributed by atoms with van der Waals surface area (Å²) in [5, 5.41) is 4.58. The SMILES string of the molecule is Cc1cc(C)n(-c2cccc(CN3C[C@@H]4CCCN4C(=O)[C@H]3C)c2)n1. The monoisotopic (exact) mass is 338 g/mol. The smallest absolute Gasteiger partial charge is 0.239 e. The van der Waals surface area contributed by atoms with Gasteiger partial charge >= 0.3 is 0 Å². The molecule has 132 valence electrons. The van der Waals surface area contributed by atoms with E-state index in [0.717, 1.165) is 49.6 Å². The maximum Gasteiger partial charge on any atom is 0.239 e. The molecule has 0 spiro atoms. The third-order valence-electron chi connectivity index (χ3n) is 5.56. The van der Waals surface area contributed by atoms with Crippen molar-refractivity contribution in [3.05, 3.63) is 47.3 Å². The van der Waals surface area contributed by atoms with E-state index in [1.807, 2.05) is 18.5 Å². The van der Waals surface area contributed by atoms with Crippen molar-refractivity contribution in [1.29, 1.82) is 0 Å². The lowest BCUT2D eigenvalue weighted by atomic mass is 10.1. The molecule has 0 bridgehead atoms. The zero-order chi connectivity index (χ0) is 17.6. The molecule has 2 aliphatic heterocycles. The predicted molar refractivity (Wildman–Crippen MR) is 97.6 cm³/mol. The van der Waals surface area contributed by atoms with Crippen molar-refractivity contribution in [2.75, 3.05) is 13.1 Å². The van der Waals surface area contributed by atoms with E-state index in [2.05, 4.69) is 52.2 Å². The molecule has 2 atom stereocenters. The van der Waals surface area contributed by atoms with Crippen LogP contribution in [-0.4, -0.2) is 50.7 Å². The lowest BCUT2D eigenvalue weighted by molar-refractivity contribution is -0.143. The molecule has 2 aliphatic rings. The fourth-order valence-corrected chi connectivity index (χ4v) is 4.25. The van der Waals surface area contributed by atoms with Gasteiger partial charge in [-0.15, -0.1) is 0 Å². The van der Waals surface area contributed by atoms with E-state index in [4.69, 9.17) is 0 Å². The highest BCUT2D eigenvalue weighted by Crippen LogP contribution is 2.27. The molecule has 4 rings (SSSR count). The summed E-state index contributed by atoms with van der Waals surface area (Å²) in [6.07, 6.45) is 2.28. The first-order chi connectivity index (χ1) is 12.0. The summed E-state index contributed by atoms with van der Waals surface area (Å²) in [4.78, 5) is 17.0. The van der Waals surface area contributed by atoms with E-state index in [-0.39, 0.29) is 6.04 Å². The zero-order valence-corrected chi connectivity index (χ0v) is 15.3. The number of nitrogens with zero attached hydrogens (tertiary/aromatic N) is 4. The van der Waals surface area contributed by atoms with Crippen LogP contribution in [0, 0.1) is 13.8 Å². The van der Waals surface area contributed by atoms with Crippen molar-refractivity contribution in [3.63, 3.8) is 0 Å². The number of carbonyl (C=O) groups excluding carboxylic acids is 1. The van der Waals surface area contributed by atoms with E-state index >= 15 is 0 Å². The van der Waals surface area contributed by atoms with Gasteiger partial charge in [-0.1, -0.05) is 12.1 Å². The normalized spacial score (nSPS) is 24.0. The van der Waals surface area contributed by atoms with Crippen LogP contribution in [0.4, 0.5) is 0 Å². The van der Waals surface area contributed by atoms with Gasteiger partial charge in [-0.05, 0) is 57.4 Å². The molecule has 2 fully saturated rings. The Labute approximate surface area is 149 Å². The average molecular weight is 338 g/mol. The molecular formula is C20H26N4O. The van der Waals surface area contributed by atoms with Gasteiger partial charge in [0.15, 0.2) is 0 Å². The summed E-state index contributed by atoms with van der Waals surface area (Å²) < 4.78 is 1.99. The molecule has 2 saturated heterocycles. The van der Waals surface area contributed by atoms with Crippen LogP contribution in [0.5, 0.6) is 0 Å². The molecule has 0 aliphatic carbocycles. The highest BCUT2D eigenvalue weighted by atomic mass is 16.2. The van der Waals surface area contributed by atoms with Gasteiger partial charge in [-0.25, -0.2) is 4.68 Å². The minimum atomic E-state index is -0.0355. The number of aromatic nitrogens is 2. The second kappa shape index (κ2) is 6.30. The quantitative estimate of drug-likeness (QED) is 0.864. The molecule has 3 heterocycles. The predicted octanol–water partition coefficient (Wildman–Crippen LogP) is 2.68. The summed E-state index contributed by atoms with van der Waals surface area (Å²) >= 11 is 0. The number of rotatable bonds is 3. The van der Waals surface area contributed by atoms with Crippen molar-refractivity contribution >= 4 is 5.91 Å². The van der Waals surface area contributed by atoms with Crippen molar-refractivity contribution in [2.24, 2.45) is 0 Å². The maximum atomic E-state index is 12.6. The molecule has 5 heteroatoms. The number of piperazine rings is 1. The first-order valence-electron chi connectivity index (χ1n) is 9.20. The number of aryl methyl sites for hydroxylation is 2. The van der Waals surface area contributed by atoms with E-state index < -0.39 is 0 Å². The standard InChI is InChI=1S/C20H26N4O/c1-14-10-15(2)24(21-14)18-7-4-6-17(11-18)12-22-13-19-8-5-9-23(19)20(25)16(22)3/h4,6-7,10-11,16,19H,5,8-9,12-13H2,1-3H3/t16-,19+/m1/s1. The van der Waals surface area contributed by atoms with Crippen LogP contribution in [0.3, 0.4) is 0 Å². The van der Waals surface area contributed by atoms with Crippen molar-refractivity contribution in [2.45, 2.75) is 52.2 Å². The van der Waals surface area contributed by atoms with Crippen LogP contribution in [-0.2, 0) is 11.3 Å². The second-order valence-corrected chi connectivity index (χ2v) is 7.44. The maximum absolute atomic E-state index is 12.6. The van der Waals surface area contributed by atoms with Crippen molar-refractivity contribution < 1.29 is 4.79 Å². The van der Waals surface area contributed by atoms with Gasteiger partial charge < -0.3 is 4.90 Å². The Hall–Kier alpha value is -2.14. The second-order valence-electron chi connectivity index (χ2n) is 7.44. The highest BCUT2D eigenvalue weighted by molar-refractivity contribution is 5.83. The number of benzene rings is 1. The molecule has 1 aromatic heterocycles. The largest absolute Gasteiger partial charge is 0.337 e. The Morgan fingerprint density at radius 3 is 2.84 bits per heavy atom. The first-order valence-corrected chi connectivity index (χ1v) is 9.20. The number of hydrogen-bond acceptors (Lipinski definition) is 3. The summed E-state index contributed by atoms with van der Waals surface area (Å²) in [6, 6.07) is 11.0. The third kappa shape index (κ3) is 2.97. The summed E-state index contributed by atoms with van der Waals surface area (Å²) in [7, 11) is 0. The van der Waals surface area contributed by atoms with Crippen LogP contribution < -0.4 is 0 Å². The summed E-state index contributed by atoms with van der Waals surface area (Å²) in [5.74, 6) is 0.295. The Balaban J connectivity index is 1.56. The fourth-order valence-electron chi connectivity index (χ4n) is 4.25. The lowest BCUT2D eigenvalue weighted by Gasteiger charge is -2.41. The van der Waals surface area contributed by atoms with Crippen LogP contribution >= 0.6 is 0 Å². The lowest BCUT2D eigenvalue weighted by Crippen LogP contribution is -2.58. The molecule has 0 N–H and O–H groups in total. The highest BCUT2D eigenvalue weighted by Gasteiger charge is 2.39. The number of amides is 1. The summed E-state index contributed by atoms with van der Waals surface area (Å²) in [6.45, 7) is 8.87. The molecule has 25 heavy (non-hydrogen) atoms. The van der Waals surface area contributed by atoms with E-state index in [1.165, 1.54) is 5.56 Å². The van der Waals surface area contributed by atoms with Crippen molar-refractivity contribution in [3.8, 4) is 5.69 Å². The van der Waals surface area contributed by atoms with Crippen LogP contribution in [0.1, 0.15) is 36.7 Å². The topological polar surface area (TPSA) is 41.4 Å². The first kappa shape index (κ1) is 16.3. The third-order valence-corrected chi connectivity index (χ3v) is 5.56. The molecule has 0 radical (unpaired) electrons. The van der Waals surface area contributed by atoms with Gasteiger partial charge in [0.2, 0.25) is 5.91 Å². The molecule has 0 unspecified atom stereocenters. The molecule has 2 aromatic rings. The molecular weight excluding hydrogens is 312 g/mol. The molecule has 0 saturated carbocycles. The Morgan fingerprint density at radius 2 is 2.08 bits per heavy atom. The van der Waals surface area contributed by atoms with Crippen molar-refractivity contribution in [1.82, 2.24) is 19.6 Å². The van der Waals surface area contributed by atoms with E-state index in [1.54, 1.807) is 0 Å². The number of fused-ring (bicyclic) bond motifs is 1. The fraction of sp³-hybridized carbons (Fsp3) is 0.500. The van der Waals surface area contributed by atoms with E-state index in [9.17, 15) is 4.79 Å². The van der Waals surface area contributed by atoms with Gasteiger partial charge in [0.25, 0.3) is 0 Å². The number of hydrogen-bond donors (Lipinski definition) is 0.